The number of aryl methyl sites for hydroxylation is 1. The summed E-state index contributed by atoms with van der Waals surface area (Å²) < 4.78 is 32.2. The zero-order chi connectivity index (χ0) is 22.8. The normalized spacial score (nSPS) is 12.8. The minimum Gasteiger partial charge on any atom is -0.451 e. The number of para-hydroxylation sites is 1. The van der Waals surface area contributed by atoms with Gasteiger partial charge in [0.15, 0.2) is 6.10 Å². The molecule has 0 radical (unpaired) electrons. The summed E-state index contributed by atoms with van der Waals surface area (Å²) in [5.74, 6) is -1.08. The Morgan fingerprint density at radius 1 is 1.06 bits per heavy atom. The maximum atomic E-state index is 13.0. The van der Waals surface area contributed by atoms with E-state index in [1.807, 2.05) is 24.3 Å². The zero-order valence-corrected chi connectivity index (χ0v) is 18.8. The molecule has 1 atom stereocenters. The number of carbonyl (C=O) groups is 2. The first-order valence-corrected chi connectivity index (χ1v) is 11.6. The summed E-state index contributed by atoms with van der Waals surface area (Å²) in [6.07, 6.45) is -1.03. The van der Waals surface area contributed by atoms with Gasteiger partial charge in [0.05, 0.1) is 10.5 Å². The Hall–Kier alpha value is -2.97. The molecule has 3 rings (SSSR count). The van der Waals surface area contributed by atoms with Crippen LogP contribution in [0.2, 0.25) is 0 Å². The highest BCUT2D eigenvalue weighted by atomic mass is 32.2. The van der Waals surface area contributed by atoms with Crippen LogP contribution in [0.25, 0.3) is 10.9 Å². The van der Waals surface area contributed by atoms with E-state index in [0.29, 0.717) is 24.3 Å². The van der Waals surface area contributed by atoms with Gasteiger partial charge in [-0.1, -0.05) is 38.1 Å². The number of carbonyl (C=O) groups excluding carboxylic acids is 2. The molecule has 0 aliphatic rings. The summed E-state index contributed by atoms with van der Waals surface area (Å²) in [5.41, 5.74) is 2.08. The molecule has 1 N–H and O–H groups in total. The molecule has 164 valence electrons. The van der Waals surface area contributed by atoms with Gasteiger partial charge in [-0.15, -0.1) is 0 Å². The first kappa shape index (κ1) is 22.7. The van der Waals surface area contributed by atoms with Crippen LogP contribution in [0.5, 0.6) is 0 Å². The van der Waals surface area contributed by atoms with Crippen LogP contribution in [0.1, 0.15) is 47.2 Å². The maximum absolute atomic E-state index is 13.0. The summed E-state index contributed by atoms with van der Waals surface area (Å²) in [6.45, 7) is 7.45. The number of Topliss-reactive ketones (excluding diaryl/α,β-unsaturated/α-hetero) is 1. The highest BCUT2D eigenvalue weighted by molar-refractivity contribution is 7.89. The Bertz CT molecular complexity index is 1230. The van der Waals surface area contributed by atoms with Crippen molar-refractivity contribution in [3.8, 4) is 0 Å². The number of fused-ring (bicyclic) bond motifs is 1. The summed E-state index contributed by atoms with van der Waals surface area (Å²) in [4.78, 5) is 28.8. The average Bonchev–Trinajstić information content (AvgIpc) is 3.09. The number of aromatic nitrogens is 1. The summed E-state index contributed by atoms with van der Waals surface area (Å²) in [5, 5.41) is 0.764. The Morgan fingerprint density at radius 3 is 2.42 bits per heavy atom. The number of hydrogen-bond donors (Lipinski definition) is 1. The summed E-state index contributed by atoms with van der Waals surface area (Å²) >= 11 is 0. The molecule has 1 unspecified atom stereocenters. The quantitative estimate of drug-likeness (QED) is 0.421. The number of aromatic amines is 1. The number of nitrogens with one attached hydrogen (secondary N) is 1. The monoisotopic (exact) mass is 442 g/mol. The van der Waals surface area contributed by atoms with Gasteiger partial charge >= 0.3 is 5.97 Å². The van der Waals surface area contributed by atoms with Crippen LogP contribution in [-0.4, -0.2) is 48.7 Å². The highest BCUT2D eigenvalue weighted by Gasteiger charge is 2.26. The van der Waals surface area contributed by atoms with Gasteiger partial charge in [-0.05, 0) is 38.1 Å². The van der Waals surface area contributed by atoms with Crippen LogP contribution in [0, 0.1) is 6.92 Å². The summed E-state index contributed by atoms with van der Waals surface area (Å²) in [7, 11) is -3.71. The number of nitrogens with zero attached hydrogens (tertiary/aromatic N) is 1. The van der Waals surface area contributed by atoms with Gasteiger partial charge in [-0.3, -0.25) is 4.79 Å². The molecule has 3 aromatic rings. The van der Waals surface area contributed by atoms with Gasteiger partial charge < -0.3 is 9.72 Å². The van der Waals surface area contributed by atoms with Crippen molar-refractivity contribution in [3.63, 3.8) is 0 Å². The van der Waals surface area contributed by atoms with Crippen molar-refractivity contribution in [3.05, 3.63) is 65.4 Å². The lowest BCUT2D eigenvalue weighted by atomic mass is 10.0. The Labute approximate surface area is 182 Å². The maximum Gasteiger partial charge on any atom is 0.338 e. The second-order valence-electron chi connectivity index (χ2n) is 7.20. The van der Waals surface area contributed by atoms with Crippen LogP contribution >= 0.6 is 0 Å². The van der Waals surface area contributed by atoms with Gasteiger partial charge in [-0.2, -0.15) is 4.31 Å². The molecule has 31 heavy (non-hydrogen) atoms. The second-order valence-corrected chi connectivity index (χ2v) is 9.14. The highest BCUT2D eigenvalue weighted by Crippen LogP contribution is 2.24. The lowest BCUT2D eigenvalue weighted by molar-refractivity contribution is 0.0319. The first-order valence-electron chi connectivity index (χ1n) is 10.1. The van der Waals surface area contributed by atoms with Gasteiger partial charge in [0.25, 0.3) is 0 Å². The van der Waals surface area contributed by atoms with E-state index < -0.39 is 22.1 Å². The van der Waals surface area contributed by atoms with Gasteiger partial charge in [-0.25, -0.2) is 13.2 Å². The molecule has 1 aromatic heterocycles. The van der Waals surface area contributed by atoms with E-state index in [9.17, 15) is 18.0 Å². The fourth-order valence-electron chi connectivity index (χ4n) is 3.58. The Kier molecular flexibility index (Phi) is 6.62. The van der Waals surface area contributed by atoms with Crippen molar-refractivity contribution in [1.82, 2.24) is 9.29 Å². The smallest absolute Gasteiger partial charge is 0.338 e. The lowest BCUT2D eigenvalue weighted by Gasteiger charge is -2.19. The minimum absolute atomic E-state index is 0.0112. The average molecular weight is 443 g/mol. The molecule has 0 aliphatic carbocycles. The molecular weight excluding hydrogens is 416 g/mol. The van der Waals surface area contributed by atoms with E-state index >= 15 is 0 Å². The van der Waals surface area contributed by atoms with E-state index in [2.05, 4.69) is 4.98 Å². The second kappa shape index (κ2) is 9.03. The Balaban J connectivity index is 1.83. The Morgan fingerprint density at radius 2 is 1.74 bits per heavy atom. The van der Waals surface area contributed by atoms with Crippen molar-refractivity contribution in [1.29, 1.82) is 0 Å². The molecule has 0 spiro atoms. The van der Waals surface area contributed by atoms with Crippen molar-refractivity contribution in [2.24, 2.45) is 0 Å². The number of hydrogen-bond acceptors (Lipinski definition) is 5. The predicted molar refractivity (Wildman–Crippen MR) is 119 cm³/mol. The molecule has 7 nitrogen and oxygen atoms in total. The number of ether oxygens (including phenoxy) is 1. The third kappa shape index (κ3) is 4.40. The molecule has 2 aromatic carbocycles. The largest absolute Gasteiger partial charge is 0.451 e. The SMILES string of the molecule is CCN(CC)S(=O)(=O)c1cccc(C(=O)OC(C)C(=O)c2c(C)[nH]c3ccccc23)c1. The molecule has 0 amide bonds. The van der Waals surface area contributed by atoms with Gasteiger partial charge in [0, 0.05) is 35.2 Å². The van der Waals surface area contributed by atoms with Crippen molar-refractivity contribution in [2.45, 2.75) is 38.7 Å². The molecule has 1 heterocycles. The van der Waals surface area contributed by atoms with Crippen LogP contribution in [-0.2, 0) is 14.8 Å². The van der Waals surface area contributed by atoms with E-state index in [1.165, 1.54) is 35.5 Å². The third-order valence-electron chi connectivity index (χ3n) is 5.21. The van der Waals surface area contributed by atoms with E-state index in [-0.39, 0.29) is 16.2 Å². The van der Waals surface area contributed by atoms with Crippen LogP contribution < -0.4 is 0 Å². The summed E-state index contributed by atoms with van der Waals surface area (Å²) in [6, 6.07) is 13.1. The predicted octanol–water partition coefficient (Wildman–Crippen LogP) is 3.94. The van der Waals surface area contributed by atoms with Crippen molar-refractivity contribution < 1.29 is 22.7 Å². The molecule has 0 saturated heterocycles. The van der Waals surface area contributed by atoms with Crippen molar-refractivity contribution in [2.75, 3.05) is 13.1 Å². The topological polar surface area (TPSA) is 96.5 Å². The molecule has 0 aliphatic heterocycles. The fraction of sp³-hybridized carbons (Fsp3) is 0.304. The molecular formula is C23H26N2O5S. The van der Waals surface area contributed by atoms with Crippen LogP contribution in [0.4, 0.5) is 0 Å². The van der Waals surface area contributed by atoms with E-state index in [4.69, 9.17) is 4.74 Å². The third-order valence-corrected chi connectivity index (χ3v) is 7.25. The number of ketones is 1. The van der Waals surface area contributed by atoms with Gasteiger partial charge in [0.1, 0.15) is 0 Å². The molecule has 0 bridgehead atoms. The van der Waals surface area contributed by atoms with Crippen molar-refractivity contribution >= 4 is 32.7 Å². The minimum atomic E-state index is -3.71. The van der Waals surface area contributed by atoms with E-state index in [0.717, 1.165) is 10.9 Å². The molecule has 8 heteroatoms. The van der Waals surface area contributed by atoms with Crippen LogP contribution in [0.3, 0.4) is 0 Å². The first-order chi connectivity index (χ1) is 14.7. The fourth-order valence-corrected chi connectivity index (χ4v) is 5.08. The number of esters is 1. The number of sulfonamides is 1. The number of benzene rings is 2. The number of H-pyrrole nitrogens is 1. The lowest BCUT2D eigenvalue weighted by Crippen LogP contribution is -2.30. The molecule has 0 fully saturated rings. The number of rotatable bonds is 8. The van der Waals surface area contributed by atoms with Gasteiger partial charge in [0.2, 0.25) is 15.8 Å². The standard InChI is InChI=1S/C23H26N2O5S/c1-5-25(6-2)31(28,29)18-11-9-10-17(14-18)23(27)30-16(4)22(26)21-15(3)24-20-13-8-7-12-19(20)21/h7-14,16,24H,5-6H2,1-4H3. The molecule has 0 saturated carbocycles. The zero-order valence-electron chi connectivity index (χ0n) is 18.0. The van der Waals surface area contributed by atoms with Crippen LogP contribution in [0.15, 0.2) is 53.4 Å². The van der Waals surface area contributed by atoms with E-state index in [1.54, 1.807) is 20.8 Å².